The van der Waals surface area contributed by atoms with Gasteiger partial charge in [-0.2, -0.15) is 0 Å². The Kier molecular flexibility index (Phi) is 5.64. The summed E-state index contributed by atoms with van der Waals surface area (Å²) < 4.78 is 9.34. The second-order valence-corrected chi connectivity index (χ2v) is 3.86. The van der Waals surface area contributed by atoms with Crippen molar-refractivity contribution in [2.45, 2.75) is 19.8 Å². The van der Waals surface area contributed by atoms with Crippen LogP contribution >= 0.6 is 0 Å². The van der Waals surface area contributed by atoms with Gasteiger partial charge in [-0.15, -0.1) is 0 Å². The topological polar surface area (TPSA) is 95.7 Å². The number of methoxy groups -OCH3 is 1. The van der Waals surface area contributed by atoms with Gasteiger partial charge >= 0.3 is 11.9 Å². The van der Waals surface area contributed by atoms with Crippen LogP contribution in [0.3, 0.4) is 0 Å². The smallest absolute Gasteiger partial charge is 0.345 e. The molecule has 0 aromatic heterocycles. The molecular formula is C13H15NO6. The first-order valence-corrected chi connectivity index (χ1v) is 6.01. The predicted molar refractivity (Wildman–Crippen MR) is 69.4 cm³/mol. The Hall–Kier alpha value is -2.44. The van der Waals surface area contributed by atoms with Crippen LogP contribution in [0.4, 0.5) is 5.69 Å². The van der Waals surface area contributed by atoms with Crippen LogP contribution in [0.25, 0.3) is 0 Å². The van der Waals surface area contributed by atoms with Gasteiger partial charge in [0, 0.05) is 12.5 Å². The van der Waals surface area contributed by atoms with Crippen molar-refractivity contribution in [1.29, 1.82) is 0 Å². The van der Waals surface area contributed by atoms with Gasteiger partial charge in [0.05, 0.1) is 18.6 Å². The summed E-state index contributed by atoms with van der Waals surface area (Å²) in [5.41, 5.74) is -0.0443. The number of hydrogen-bond acceptors (Lipinski definition) is 6. The van der Waals surface area contributed by atoms with Crippen molar-refractivity contribution < 1.29 is 24.0 Å². The molecule has 0 atom stereocenters. The fraction of sp³-hybridized carbons (Fsp3) is 0.385. The van der Waals surface area contributed by atoms with E-state index in [1.165, 1.54) is 19.2 Å². The first-order chi connectivity index (χ1) is 9.51. The third kappa shape index (κ3) is 3.78. The van der Waals surface area contributed by atoms with Gasteiger partial charge in [0.25, 0.3) is 5.69 Å². The molecule has 20 heavy (non-hydrogen) atoms. The second kappa shape index (κ2) is 7.22. The molecule has 0 heterocycles. The average molecular weight is 281 g/mol. The molecule has 0 aliphatic rings. The number of nitro groups is 1. The summed E-state index contributed by atoms with van der Waals surface area (Å²) in [6, 6.07) is 4.25. The lowest BCUT2D eigenvalue weighted by Gasteiger charge is -2.08. The van der Waals surface area contributed by atoms with Crippen LogP contribution in [0.5, 0.6) is 0 Å². The van der Waals surface area contributed by atoms with Crippen molar-refractivity contribution in [2.24, 2.45) is 0 Å². The molecule has 108 valence electrons. The molecule has 1 aromatic rings. The lowest BCUT2D eigenvalue weighted by atomic mass is 10.0. The van der Waals surface area contributed by atoms with Gasteiger partial charge in [-0.25, -0.2) is 4.79 Å². The number of rotatable bonds is 6. The predicted octanol–water partition coefficient (Wildman–Crippen LogP) is 1.88. The number of benzene rings is 1. The molecule has 0 aliphatic heterocycles. The standard InChI is InChI=1S/C13H15NO6/c1-3-20-13(16)12-9(7-8-11(15)19-2)5-4-6-10(12)14(17)18/h4-6H,3,7-8H2,1-2H3. The van der Waals surface area contributed by atoms with Crippen LogP contribution in [0.15, 0.2) is 18.2 Å². The minimum atomic E-state index is -0.764. The third-order valence-corrected chi connectivity index (χ3v) is 2.63. The van der Waals surface area contributed by atoms with Crippen molar-refractivity contribution in [3.05, 3.63) is 39.4 Å². The molecule has 0 amide bonds. The molecular weight excluding hydrogens is 266 g/mol. The normalized spacial score (nSPS) is 9.90. The summed E-state index contributed by atoms with van der Waals surface area (Å²) in [6.07, 6.45) is 0.201. The lowest BCUT2D eigenvalue weighted by Crippen LogP contribution is -2.12. The Balaban J connectivity index is 3.15. The molecule has 0 N–H and O–H groups in total. The molecule has 0 aliphatic carbocycles. The maximum Gasteiger partial charge on any atom is 0.345 e. The molecule has 1 rings (SSSR count). The molecule has 7 nitrogen and oxygen atoms in total. The van der Waals surface area contributed by atoms with Gasteiger partial charge in [0.1, 0.15) is 5.56 Å². The average Bonchev–Trinajstić information content (AvgIpc) is 2.44. The quantitative estimate of drug-likeness (QED) is 0.448. The van der Waals surface area contributed by atoms with Crippen LogP contribution in [-0.2, 0) is 20.7 Å². The van der Waals surface area contributed by atoms with E-state index in [2.05, 4.69) is 4.74 Å². The Morgan fingerprint density at radius 1 is 1.35 bits per heavy atom. The molecule has 0 saturated heterocycles. The van der Waals surface area contributed by atoms with Crippen molar-refractivity contribution in [3.63, 3.8) is 0 Å². The summed E-state index contributed by atoms with van der Waals surface area (Å²) >= 11 is 0. The maximum absolute atomic E-state index is 11.9. The number of ether oxygens (including phenoxy) is 2. The minimum Gasteiger partial charge on any atom is -0.469 e. The van der Waals surface area contributed by atoms with Crippen molar-refractivity contribution in [1.82, 2.24) is 0 Å². The largest absolute Gasteiger partial charge is 0.469 e. The van der Waals surface area contributed by atoms with Gasteiger partial charge < -0.3 is 9.47 Å². The molecule has 0 unspecified atom stereocenters. The number of aryl methyl sites for hydroxylation is 1. The highest BCUT2D eigenvalue weighted by Gasteiger charge is 2.25. The van der Waals surface area contributed by atoms with E-state index in [0.717, 1.165) is 0 Å². The van der Waals surface area contributed by atoms with Crippen LogP contribution in [0, 0.1) is 10.1 Å². The van der Waals surface area contributed by atoms with Crippen molar-refractivity contribution in [2.75, 3.05) is 13.7 Å². The maximum atomic E-state index is 11.9. The van der Waals surface area contributed by atoms with Crippen molar-refractivity contribution >= 4 is 17.6 Å². The van der Waals surface area contributed by atoms with E-state index >= 15 is 0 Å². The summed E-state index contributed by atoms with van der Waals surface area (Å²) in [5, 5.41) is 11.0. The Labute approximate surface area is 115 Å². The summed E-state index contributed by atoms with van der Waals surface area (Å²) in [5.74, 6) is -1.22. The monoisotopic (exact) mass is 281 g/mol. The fourth-order valence-electron chi connectivity index (χ4n) is 1.72. The molecule has 1 aromatic carbocycles. The highest BCUT2D eigenvalue weighted by Crippen LogP contribution is 2.24. The summed E-state index contributed by atoms with van der Waals surface area (Å²) in [7, 11) is 1.25. The SMILES string of the molecule is CCOC(=O)c1c(CCC(=O)OC)cccc1[N+](=O)[O-]. The van der Waals surface area contributed by atoms with E-state index in [9.17, 15) is 19.7 Å². The number of hydrogen-bond donors (Lipinski definition) is 0. The number of nitro benzene ring substituents is 1. The summed E-state index contributed by atoms with van der Waals surface area (Å²) in [4.78, 5) is 33.3. The van der Waals surface area contributed by atoms with Gasteiger partial charge in [-0.3, -0.25) is 14.9 Å². The molecule has 0 saturated carbocycles. The van der Waals surface area contributed by atoms with Gasteiger partial charge in [-0.05, 0) is 18.9 Å². The molecule has 7 heteroatoms. The lowest BCUT2D eigenvalue weighted by molar-refractivity contribution is -0.385. The van der Waals surface area contributed by atoms with E-state index in [1.54, 1.807) is 13.0 Å². The molecule has 0 bridgehead atoms. The van der Waals surface area contributed by atoms with E-state index in [-0.39, 0.29) is 30.7 Å². The zero-order valence-corrected chi connectivity index (χ0v) is 11.3. The summed E-state index contributed by atoms with van der Waals surface area (Å²) in [6.45, 7) is 1.72. The van der Waals surface area contributed by atoms with Crippen LogP contribution in [0.2, 0.25) is 0 Å². The van der Waals surface area contributed by atoms with E-state index in [1.807, 2.05) is 0 Å². The van der Waals surface area contributed by atoms with E-state index in [0.29, 0.717) is 5.56 Å². The Bertz CT molecular complexity index is 526. The number of carbonyl (C=O) groups is 2. The van der Waals surface area contributed by atoms with Gasteiger partial charge in [0.15, 0.2) is 0 Å². The first-order valence-electron chi connectivity index (χ1n) is 6.01. The Morgan fingerprint density at radius 3 is 2.60 bits per heavy atom. The highest BCUT2D eigenvalue weighted by molar-refractivity contribution is 5.95. The molecule has 0 fully saturated rings. The Morgan fingerprint density at radius 2 is 2.05 bits per heavy atom. The fourth-order valence-corrected chi connectivity index (χ4v) is 1.72. The van der Waals surface area contributed by atoms with Crippen LogP contribution < -0.4 is 0 Å². The van der Waals surface area contributed by atoms with Gasteiger partial charge in [-0.1, -0.05) is 12.1 Å². The molecule has 0 spiro atoms. The molecule has 0 radical (unpaired) electrons. The minimum absolute atomic E-state index is 0.0318. The zero-order valence-electron chi connectivity index (χ0n) is 11.3. The van der Waals surface area contributed by atoms with Crippen LogP contribution in [-0.4, -0.2) is 30.6 Å². The van der Waals surface area contributed by atoms with E-state index < -0.39 is 16.9 Å². The van der Waals surface area contributed by atoms with E-state index in [4.69, 9.17) is 4.74 Å². The third-order valence-electron chi connectivity index (χ3n) is 2.63. The second-order valence-electron chi connectivity index (χ2n) is 3.86. The van der Waals surface area contributed by atoms with Crippen LogP contribution in [0.1, 0.15) is 29.3 Å². The van der Waals surface area contributed by atoms with Gasteiger partial charge in [0.2, 0.25) is 0 Å². The number of esters is 2. The number of carbonyl (C=O) groups excluding carboxylic acids is 2. The number of nitrogens with zero attached hydrogens (tertiary/aromatic N) is 1. The first kappa shape index (κ1) is 15.6. The zero-order chi connectivity index (χ0) is 15.1. The van der Waals surface area contributed by atoms with Crippen molar-refractivity contribution in [3.8, 4) is 0 Å². The highest BCUT2D eigenvalue weighted by atomic mass is 16.6.